The zero-order valence-corrected chi connectivity index (χ0v) is 7.08. The van der Waals surface area contributed by atoms with Gasteiger partial charge in [-0.2, -0.15) is 13.2 Å². The number of nitrogen functional groups attached to an aromatic ring is 2. The molecule has 72 valence electrons. The maximum atomic E-state index is 12.1. The van der Waals surface area contributed by atoms with Gasteiger partial charge in [-0.15, -0.1) is 0 Å². The van der Waals surface area contributed by atoms with Crippen LogP contribution in [-0.4, -0.2) is 0 Å². The van der Waals surface area contributed by atoms with Crippen LogP contribution in [0, 0.1) is 0 Å². The van der Waals surface area contributed by atoms with Gasteiger partial charge in [0.1, 0.15) is 0 Å². The van der Waals surface area contributed by atoms with Gasteiger partial charge >= 0.3 is 6.18 Å². The van der Waals surface area contributed by atoms with Gasteiger partial charge in [-0.3, -0.25) is 0 Å². The number of hydrogen-bond donors (Lipinski definition) is 2. The first-order valence-electron chi connectivity index (χ1n) is 3.24. The lowest BCUT2D eigenvalue weighted by atomic mass is 10.1. The Bertz CT molecular complexity index is 312. The summed E-state index contributed by atoms with van der Waals surface area (Å²) in [6.07, 6.45) is -4.45. The summed E-state index contributed by atoms with van der Waals surface area (Å²) >= 11 is 5.42. The van der Waals surface area contributed by atoms with E-state index >= 15 is 0 Å². The zero-order valence-electron chi connectivity index (χ0n) is 6.32. The van der Waals surface area contributed by atoms with Crippen molar-refractivity contribution in [3.05, 3.63) is 22.7 Å². The topological polar surface area (TPSA) is 52.0 Å². The molecule has 2 nitrogen and oxygen atoms in total. The Balaban J connectivity index is 3.29. The van der Waals surface area contributed by atoms with Gasteiger partial charge in [0.05, 0.1) is 22.0 Å². The molecule has 13 heavy (non-hydrogen) atoms. The molecule has 1 aromatic carbocycles. The summed E-state index contributed by atoms with van der Waals surface area (Å²) < 4.78 is 36.4. The first kappa shape index (κ1) is 9.98. The van der Waals surface area contributed by atoms with Crippen LogP contribution in [-0.2, 0) is 6.18 Å². The van der Waals surface area contributed by atoms with Crippen molar-refractivity contribution in [2.24, 2.45) is 0 Å². The molecule has 0 saturated carbocycles. The summed E-state index contributed by atoms with van der Waals surface area (Å²) in [6, 6.07) is 1.49. The minimum absolute atomic E-state index is 0.0327. The lowest BCUT2D eigenvalue weighted by Crippen LogP contribution is -2.07. The van der Waals surface area contributed by atoms with Gasteiger partial charge in [-0.25, -0.2) is 0 Å². The second-order valence-corrected chi connectivity index (χ2v) is 2.87. The Morgan fingerprint density at radius 2 is 1.69 bits per heavy atom. The first-order valence-corrected chi connectivity index (χ1v) is 3.62. The lowest BCUT2D eigenvalue weighted by molar-refractivity contribution is -0.137. The van der Waals surface area contributed by atoms with Gasteiger partial charge in [0, 0.05) is 0 Å². The van der Waals surface area contributed by atoms with Crippen molar-refractivity contribution in [3.8, 4) is 0 Å². The second kappa shape index (κ2) is 2.99. The third kappa shape index (κ3) is 1.98. The van der Waals surface area contributed by atoms with Crippen LogP contribution in [0.5, 0.6) is 0 Å². The Morgan fingerprint density at radius 1 is 1.15 bits per heavy atom. The van der Waals surface area contributed by atoms with E-state index in [1.807, 2.05) is 0 Å². The quantitative estimate of drug-likeness (QED) is 0.647. The second-order valence-electron chi connectivity index (χ2n) is 2.46. The molecule has 0 bridgehead atoms. The van der Waals surface area contributed by atoms with Gasteiger partial charge < -0.3 is 11.5 Å². The fourth-order valence-electron chi connectivity index (χ4n) is 0.803. The van der Waals surface area contributed by atoms with Gasteiger partial charge in [-0.1, -0.05) is 11.6 Å². The van der Waals surface area contributed by atoms with E-state index in [9.17, 15) is 13.2 Å². The smallest absolute Gasteiger partial charge is 0.397 e. The molecule has 6 heteroatoms. The van der Waals surface area contributed by atoms with Gasteiger partial charge in [0.25, 0.3) is 0 Å². The molecular formula is C7H6ClF3N2. The monoisotopic (exact) mass is 210 g/mol. The minimum Gasteiger partial charge on any atom is -0.397 e. The highest BCUT2D eigenvalue weighted by Crippen LogP contribution is 2.35. The molecule has 0 atom stereocenters. The van der Waals surface area contributed by atoms with E-state index in [0.29, 0.717) is 0 Å². The summed E-state index contributed by atoms with van der Waals surface area (Å²) in [6.45, 7) is 0. The summed E-state index contributed by atoms with van der Waals surface area (Å²) in [7, 11) is 0. The van der Waals surface area contributed by atoms with Crippen LogP contribution in [0.25, 0.3) is 0 Å². The standard InChI is InChI=1S/C7H6ClF3N2/c8-4-1-3(7(9,10)11)2-5(12)6(4)13/h1-2H,12-13H2. The van der Waals surface area contributed by atoms with E-state index in [4.69, 9.17) is 23.1 Å². The Kier molecular flexibility index (Phi) is 2.30. The largest absolute Gasteiger partial charge is 0.416 e. The van der Waals surface area contributed by atoms with Crippen molar-refractivity contribution in [1.82, 2.24) is 0 Å². The van der Waals surface area contributed by atoms with Crippen LogP contribution in [0.4, 0.5) is 24.5 Å². The Labute approximate surface area is 77.3 Å². The fourth-order valence-corrected chi connectivity index (χ4v) is 1.03. The number of benzene rings is 1. The summed E-state index contributed by atoms with van der Waals surface area (Å²) in [5.41, 5.74) is 9.38. The predicted octanol–water partition coefficient (Wildman–Crippen LogP) is 2.52. The summed E-state index contributed by atoms with van der Waals surface area (Å²) in [5.74, 6) is 0. The van der Waals surface area contributed by atoms with Gasteiger partial charge in [0.2, 0.25) is 0 Å². The van der Waals surface area contributed by atoms with Crippen molar-refractivity contribution in [1.29, 1.82) is 0 Å². The van der Waals surface area contributed by atoms with E-state index in [0.717, 1.165) is 12.1 Å². The van der Waals surface area contributed by atoms with E-state index in [2.05, 4.69) is 0 Å². The number of alkyl halides is 3. The molecule has 0 heterocycles. The highest BCUT2D eigenvalue weighted by Gasteiger charge is 2.31. The molecule has 0 aliphatic rings. The molecule has 4 N–H and O–H groups in total. The molecule has 0 aliphatic heterocycles. The van der Waals surface area contributed by atoms with Gasteiger partial charge in [0.15, 0.2) is 0 Å². The molecule has 0 aliphatic carbocycles. The molecule has 1 aromatic rings. The maximum absolute atomic E-state index is 12.1. The van der Waals surface area contributed by atoms with E-state index < -0.39 is 11.7 Å². The van der Waals surface area contributed by atoms with E-state index in [1.54, 1.807) is 0 Å². The SMILES string of the molecule is Nc1cc(C(F)(F)F)cc(Cl)c1N. The molecule has 0 spiro atoms. The van der Waals surface area contributed by atoms with Crippen molar-refractivity contribution in [2.45, 2.75) is 6.18 Å². The number of hydrogen-bond acceptors (Lipinski definition) is 2. The lowest BCUT2D eigenvalue weighted by Gasteiger charge is -2.09. The fraction of sp³-hybridized carbons (Fsp3) is 0.143. The molecule has 0 unspecified atom stereocenters. The number of anilines is 2. The molecule has 0 radical (unpaired) electrons. The third-order valence-corrected chi connectivity index (χ3v) is 1.80. The first-order chi connectivity index (χ1) is 5.82. The van der Waals surface area contributed by atoms with Crippen LogP contribution >= 0.6 is 11.6 Å². The predicted molar refractivity (Wildman–Crippen MR) is 45.3 cm³/mol. The van der Waals surface area contributed by atoms with Crippen LogP contribution in [0.1, 0.15) is 5.56 Å². The minimum atomic E-state index is -4.45. The normalized spacial score (nSPS) is 11.7. The number of rotatable bonds is 0. The van der Waals surface area contributed by atoms with Crippen molar-refractivity contribution in [2.75, 3.05) is 11.5 Å². The van der Waals surface area contributed by atoms with Crippen molar-refractivity contribution in [3.63, 3.8) is 0 Å². The average Bonchev–Trinajstić information content (AvgIpc) is 1.97. The number of nitrogens with two attached hydrogens (primary N) is 2. The maximum Gasteiger partial charge on any atom is 0.416 e. The molecule has 1 rings (SSSR count). The van der Waals surface area contributed by atoms with E-state index in [-0.39, 0.29) is 16.4 Å². The Hall–Kier alpha value is -1.10. The van der Waals surface area contributed by atoms with Crippen LogP contribution in [0.15, 0.2) is 12.1 Å². The molecule has 0 amide bonds. The number of halogens is 4. The molecule has 0 saturated heterocycles. The Morgan fingerprint density at radius 3 is 2.08 bits per heavy atom. The molecular weight excluding hydrogens is 205 g/mol. The van der Waals surface area contributed by atoms with Crippen LogP contribution in [0.3, 0.4) is 0 Å². The van der Waals surface area contributed by atoms with Gasteiger partial charge in [-0.05, 0) is 12.1 Å². The highest BCUT2D eigenvalue weighted by atomic mass is 35.5. The van der Waals surface area contributed by atoms with Crippen LogP contribution in [0.2, 0.25) is 5.02 Å². The highest BCUT2D eigenvalue weighted by molar-refractivity contribution is 6.33. The third-order valence-electron chi connectivity index (χ3n) is 1.49. The summed E-state index contributed by atoms with van der Waals surface area (Å²) in [5, 5.41) is -0.188. The average molecular weight is 211 g/mol. The molecule has 0 fully saturated rings. The molecule has 0 aromatic heterocycles. The van der Waals surface area contributed by atoms with Crippen molar-refractivity contribution < 1.29 is 13.2 Å². The summed E-state index contributed by atoms with van der Waals surface area (Å²) in [4.78, 5) is 0. The van der Waals surface area contributed by atoms with Crippen molar-refractivity contribution >= 4 is 23.0 Å². The zero-order chi connectivity index (χ0) is 10.2. The van der Waals surface area contributed by atoms with Crippen LogP contribution < -0.4 is 11.5 Å². The van der Waals surface area contributed by atoms with E-state index in [1.165, 1.54) is 0 Å².